The highest BCUT2D eigenvalue weighted by Crippen LogP contribution is 2.38. The molecule has 1 unspecified atom stereocenters. The zero-order chi connectivity index (χ0) is 17.5. The normalized spacial score (nSPS) is 21.1. The molecule has 1 amide bonds. The molecule has 3 N–H and O–H groups in total. The summed E-state index contributed by atoms with van der Waals surface area (Å²) in [5.74, 6) is 0.727. The average molecular weight is 353 g/mol. The lowest BCUT2D eigenvalue weighted by Gasteiger charge is -2.23. The quantitative estimate of drug-likeness (QED) is 0.872. The second-order valence-electron chi connectivity index (χ2n) is 7.91. The molecule has 3 rings (SSSR count). The first-order valence-electron chi connectivity index (χ1n) is 8.37. The minimum Gasteiger partial charge on any atom is -0.491 e. The fourth-order valence-corrected chi connectivity index (χ4v) is 3.28. The summed E-state index contributed by atoms with van der Waals surface area (Å²) < 4.78 is 11.2. The summed E-state index contributed by atoms with van der Waals surface area (Å²) in [6.45, 7) is 5.95. The van der Waals surface area contributed by atoms with Crippen LogP contribution in [0.2, 0.25) is 5.02 Å². The molecular weight excluding hydrogens is 328 g/mol. The zero-order valence-corrected chi connectivity index (χ0v) is 15.2. The summed E-state index contributed by atoms with van der Waals surface area (Å²) in [5, 5.41) is 3.64. The van der Waals surface area contributed by atoms with Gasteiger partial charge in [0.1, 0.15) is 18.0 Å². The van der Waals surface area contributed by atoms with Crippen molar-refractivity contribution in [3.05, 3.63) is 28.3 Å². The van der Waals surface area contributed by atoms with Gasteiger partial charge in [0.05, 0.1) is 5.54 Å². The van der Waals surface area contributed by atoms with Crippen LogP contribution in [0.1, 0.15) is 44.7 Å². The molecule has 0 bridgehead atoms. The van der Waals surface area contributed by atoms with E-state index in [2.05, 4.69) is 5.32 Å². The minimum atomic E-state index is -0.507. The number of amides is 1. The lowest BCUT2D eigenvalue weighted by molar-refractivity contribution is 0.0477. The van der Waals surface area contributed by atoms with E-state index in [9.17, 15) is 4.79 Å². The van der Waals surface area contributed by atoms with Crippen LogP contribution >= 0.6 is 11.6 Å². The monoisotopic (exact) mass is 352 g/mol. The van der Waals surface area contributed by atoms with Crippen molar-refractivity contribution in [2.75, 3.05) is 6.61 Å². The molecule has 0 aromatic heterocycles. The molecule has 0 aliphatic heterocycles. The molecule has 0 radical (unpaired) electrons. The van der Waals surface area contributed by atoms with Gasteiger partial charge in [-0.3, -0.25) is 0 Å². The van der Waals surface area contributed by atoms with E-state index in [1.54, 1.807) is 0 Å². The number of halogens is 1. The van der Waals surface area contributed by atoms with Gasteiger partial charge in [0.25, 0.3) is 0 Å². The minimum absolute atomic E-state index is 0.136. The van der Waals surface area contributed by atoms with Crippen LogP contribution in [-0.2, 0) is 17.6 Å². The number of nitrogens with two attached hydrogens (primary N) is 1. The van der Waals surface area contributed by atoms with Crippen LogP contribution in [0.5, 0.6) is 5.75 Å². The lowest BCUT2D eigenvalue weighted by Crippen LogP contribution is -2.44. The van der Waals surface area contributed by atoms with Crippen molar-refractivity contribution in [3.8, 4) is 5.75 Å². The molecule has 1 fully saturated rings. The van der Waals surface area contributed by atoms with E-state index in [1.807, 2.05) is 32.9 Å². The Balaban J connectivity index is 1.59. The van der Waals surface area contributed by atoms with Gasteiger partial charge in [-0.25, -0.2) is 4.79 Å². The maximum Gasteiger partial charge on any atom is 0.408 e. The number of ether oxygens (including phenoxy) is 2. The van der Waals surface area contributed by atoms with Crippen LogP contribution < -0.4 is 15.8 Å². The molecule has 24 heavy (non-hydrogen) atoms. The first-order valence-corrected chi connectivity index (χ1v) is 8.74. The van der Waals surface area contributed by atoms with Crippen LogP contribution in [0.15, 0.2) is 12.1 Å². The van der Waals surface area contributed by atoms with Gasteiger partial charge in [-0.1, -0.05) is 11.6 Å². The van der Waals surface area contributed by atoms with Crippen molar-refractivity contribution in [1.82, 2.24) is 5.32 Å². The Morgan fingerprint density at radius 2 is 2.08 bits per heavy atom. The van der Waals surface area contributed by atoms with E-state index in [-0.39, 0.29) is 11.6 Å². The first-order chi connectivity index (χ1) is 11.2. The average Bonchev–Trinajstić information content (AvgIpc) is 3.07. The summed E-state index contributed by atoms with van der Waals surface area (Å²) >= 11 is 6.34. The maximum absolute atomic E-state index is 11.9. The Kier molecular flexibility index (Phi) is 4.43. The Labute approximate surface area is 147 Å². The third-order valence-corrected chi connectivity index (χ3v) is 4.68. The van der Waals surface area contributed by atoms with Crippen LogP contribution in [0.3, 0.4) is 0 Å². The second-order valence-corrected chi connectivity index (χ2v) is 8.31. The largest absolute Gasteiger partial charge is 0.491 e. The molecule has 5 nitrogen and oxygen atoms in total. The molecule has 132 valence electrons. The zero-order valence-electron chi connectivity index (χ0n) is 14.4. The molecule has 2 aliphatic rings. The second kappa shape index (κ2) is 6.12. The van der Waals surface area contributed by atoms with Crippen LogP contribution in [0.4, 0.5) is 4.79 Å². The molecule has 0 heterocycles. The Morgan fingerprint density at radius 1 is 1.38 bits per heavy atom. The summed E-state index contributed by atoms with van der Waals surface area (Å²) in [6, 6.07) is 3.98. The summed E-state index contributed by atoms with van der Waals surface area (Å²) in [5.41, 5.74) is 7.46. The maximum atomic E-state index is 11.9. The van der Waals surface area contributed by atoms with Crippen molar-refractivity contribution >= 4 is 17.7 Å². The van der Waals surface area contributed by atoms with Gasteiger partial charge in [0.2, 0.25) is 0 Å². The van der Waals surface area contributed by atoms with E-state index in [0.717, 1.165) is 42.6 Å². The smallest absolute Gasteiger partial charge is 0.408 e. The summed E-state index contributed by atoms with van der Waals surface area (Å²) in [7, 11) is 0. The molecular formula is C18H25ClN2O3. The number of alkyl carbamates (subject to hydrolysis) is 1. The molecule has 1 saturated carbocycles. The van der Waals surface area contributed by atoms with Gasteiger partial charge in [-0.05, 0) is 69.7 Å². The number of carbonyl (C=O) groups excluding carboxylic acids is 1. The van der Waals surface area contributed by atoms with Crippen LogP contribution in [0, 0.1) is 0 Å². The van der Waals surface area contributed by atoms with Gasteiger partial charge >= 0.3 is 6.09 Å². The number of fused-ring (bicyclic) bond motifs is 1. The highest BCUT2D eigenvalue weighted by molar-refractivity contribution is 6.31. The molecule has 6 heteroatoms. The SMILES string of the molecule is CC(C)(C)OC(=O)NC1(COc2cc(Cl)c3c(c2)CC(N)C3)CC1. The fourth-order valence-electron chi connectivity index (χ4n) is 2.97. The number of nitrogens with one attached hydrogen (secondary N) is 1. The summed E-state index contributed by atoms with van der Waals surface area (Å²) in [4.78, 5) is 11.9. The Morgan fingerprint density at radius 3 is 2.71 bits per heavy atom. The highest BCUT2D eigenvalue weighted by atomic mass is 35.5. The topological polar surface area (TPSA) is 73.6 Å². The lowest BCUT2D eigenvalue weighted by atomic mass is 10.1. The number of rotatable bonds is 4. The van der Waals surface area contributed by atoms with Gasteiger partial charge in [-0.2, -0.15) is 0 Å². The Bertz CT molecular complexity index is 650. The van der Waals surface area contributed by atoms with E-state index in [0.29, 0.717) is 11.6 Å². The van der Waals surface area contributed by atoms with Crippen LogP contribution in [-0.4, -0.2) is 29.9 Å². The molecule has 1 aromatic rings. The number of carbonyl (C=O) groups is 1. The molecule has 2 aliphatic carbocycles. The van der Waals surface area contributed by atoms with E-state index in [1.165, 1.54) is 0 Å². The number of hydrogen-bond donors (Lipinski definition) is 2. The van der Waals surface area contributed by atoms with E-state index in [4.69, 9.17) is 26.8 Å². The van der Waals surface area contributed by atoms with E-state index >= 15 is 0 Å². The highest BCUT2D eigenvalue weighted by Gasteiger charge is 2.46. The van der Waals surface area contributed by atoms with Gasteiger partial charge in [-0.15, -0.1) is 0 Å². The molecule has 0 spiro atoms. The number of hydrogen-bond acceptors (Lipinski definition) is 4. The fraction of sp³-hybridized carbons (Fsp3) is 0.611. The van der Waals surface area contributed by atoms with Gasteiger partial charge in [0, 0.05) is 11.1 Å². The van der Waals surface area contributed by atoms with Gasteiger partial charge < -0.3 is 20.5 Å². The van der Waals surface area contributed by atoms with E-state index < -0.39 is 11.7 Å². The van der Waals surface area contributed by atoms with Crippen molar-refractivity contribution in [1.29, 1.82) is 0 Å². The van der Waals surface area contributed by atoms with Gasteiger partial charge in [0.15, 0.2) is 0 Å². The molecule has 1 atom stereocenters. The van der Waals surface area contributed by atoms with Crippen molar-refractivity contribution < 1.29 is 14.3 Å². The summed E-state index contributed by atoms with van der Waals surface area (Å²) in [6.07, 6.45) is 3.01. The predicted octanol–water partition coefficient (Wildman–Crippen LogP) is 3.20. The molecule has 0 saturated heterocycles. The van der Waals surface area contributed by atoms with Crippen LogP contribution in [0.25, 0.3) is 0 Å². The molecule has 1 aromatic carbocycles. The van der Waals surface area contributed by atoms with Crippen molar-refractivity contribution in [2.45, 2.75) is 63.6 Å². The third-order valence-electron chi connectivity index (χ3n) is 4.34. The van der Waals surface area contributed by atoms with Crippen molar-refractivity contribution in [3.63, 3.8) is 0 Å². The number of benzene rings is 1. The standard InChI is InChI=1S/C18H25ClN2O3/c1-17(2,3)24-16(22)21-18(4-5-18)10-23-13-7-11-6-12(20)8-14(11)15(19)9-13/h7,9,12H,4-6,8,10,20H2,1-3H3,(H,21,22). The van der Waals surface area contributed by atoms with Crippen molar-refractivity contribution in [2.24, 2.45) is 5.73 Å². The Hall–Kier alpha value is -1.46. The third kappa shape index (κ3) is 4.14. The first kappa shape index (κ1) is 17.4. The predicted molar refractivity (Wildman–Crippen MR) is 93.7 cm³/mol.